The van der Waals surface area contributed by atoms with Crippen LogP contribution in [-0.2, 0) is 0 Å². The fourth-order valence-electron chi connectivity index (χ4n) is 1.76. The van der Waals surface area contributed by atoms with E-state index < -0.39 is 6.10 Å². The van der Waals surface area contributed by atoms with Crippen molar-refractivity contribution in [3.63, 3.8) is 0 Å². The highest BCUT2D eigenvalue weighted by Crippen LogP contribution is 2.20. The predicted molar refractivity (Wildman–Crippen MR) is 73.0 cm³/mol. The maximum absolute atomic E-state index is 13.2. The zero-order valence-corrected chi connectivity index (χ0v) is 11.2. The minimum Gasteiger partial charge on any atom is -0.491 e. The molecule has 4 heteroatoms. The summed E-state index contributed by atoms with van der Waals surface area (Å²) in [4.78, 5) is 0. The zero-order chi connectivity index (χ0) is 13.8. The SMILES string of the molecule is Cc1cc(F)cc(C(O)COc2ccc(Cl)cc2)c1. The second kappa shape index (κ2) is 6.04. The molecule has 0 aliphatic carbocycles. The lowest BCUT2D eigenvalue weighted by Crippen LogP contribution is -2.10. The first-order chi connectivity index (χ1) is 9.04. The molecule has 0 aliphatic rings. The van der Waals surface area contributed by atoms with Gasteiger partial charge in [0.1, 0.15) is 24.3 Å². The highest BCUT2D eigenvalue weighted by atomic mass is 35.5. The topological polar surface area (TPSA) is 29.5 Å². The maximum Gasteiger partial charge on any atom is 0.123 e. The summed E-state index contributed by atoms with van der Waals surface area (Å²) in [6, 6.07) is 11.3. The Bertz CT molecular complexity index is 534. The number of aryl methyl sites for hydroxylation is 1. The lowest BCUT2D eigenvalue weighted by molar-refractivity contribution is 0.108. The summed E-state index contributed by atoms with van der Waals surface area (Å²) in [7, 11) is 0. The predicted octanol–water partition coefficient (Wildman–Crippen LogP) is 3.90. The van der Waals surface area contributed by atoms with Crippen molar-refractivity contribution >= 4 is 11.6 Å². The molecule has 2 aromatic rings. The van der Waals surface area contributed by atoms with Crippen molar-refractivity contribution in [1.29, 1.82) is 0 Å². The summed E-state index contributed by atoms with van der Waals surface area (Å²) in [5, 5.41) is 10.6. The molecule has 2 aromatic carbocycles. The molecule has 0 saturated heterocycles. The largest absolute Gasteiger partial charge is 0.491 e. The number of ether oxygens (including phenoxy) is 1. The van der Waals surface area contributed by atoms with Gasteiger partial charge < -0.3 is 9.84 Å². The average molecular weight is 281 g/mol. The van der Waals surface area contributed by atoms with Gasteiger partial charge in [0.2, 0.25) is 0 Å². The first-order valence-corrected chi connectivity index (χ1v) is 6.26. The van der Waals surface area contributed by atoms with E-state index in [-0.39, 0.29) is 12.4 Å². The van der Waals surface area contributed by atoms with Crippen molar-refractivity contribution in [2.24, 2.45) is 0 Å². The van der Waals surface area contributed by atoms with Crippen LogP contribution < -0.4 is 4.74 Å². The summed E-state index contributed by atoms with van der Waals surface area (Å²) >= 11 is 5.76. The van der Waals surface area contributed by atoms with Gasteiger partial charge in [0.25, 0.3) is 0 Å². The van der Waals surface area contributed by atoms with Gasteiger partial charge in [-0.2, -0.15) is 0 Å². The molecule has 0 aliphatic heterocycles. The van der Waals surface area contributed by atoms with E-state index >= 15 is 0 Å². The Morgan fingerprint density at radius 3 is 2.53 bits per heavy atom. The second-order valence-corrected chi connectivity index (χ2v) is 4.78. The van der Waals surface area contributed by atoms with Crippen LogP contribution in [0.3, 0.4) is 0 Å². The van der Waals surface area contributed by atoms with E-state index in [0.29, 0.717) is 16.3 Å². The number of hydrogen-bond acceptors (Lipinski definition) is 2. The van der Waals surface area contributed by atoms with E-state index in [1.165, 1.54) is 12.1 Å². The van der Waals surface area contributed by atoms with E-state index in [4.69, 9.17) is 16.3 Å². The third kappa shape index (κ3) is 3.94. The van der Waals surface area contributed by atoms with Crippen LogP contribution in [-0.4, -0.2) is 11.7 Å². The average Bonchev–Trinajstić information content (AvgIpc) is 2.36. The van der Waals surface area contributed by atoms with Gasteiger partial charge in [-0.25, -0.2) is 4.39 Å². The van der Waals surface area contributed by atoms with Gasteiger partial charge in [-0.05, 0) is 54.4 Å². The molecule has 19 heavy (non-hydrogen) atoms. The molecule has 0 spiro atoms. The lowest BCUT2D eigenvalue weighted by Gasteiger charge is -2.13. The molecular formula is C15H14ClFO2. The highest BCUT2D eigenvalue weighted by Gasteiger charge is 2.10. The van der Waals surface area contributed by atoms with Crippen LogP contribution in [0.5, 0.6) is 5.75 Å². The molecule has 1 atom stereocenters. The minimum atomic E-state index is -0.870. The standard InChI is InChI=1S/C15H14ClFO2/c1-10-6-11(8-13(17)7-10)15(18)9-19-14-4-2-12(16)3-5-14/h2-8,15,18H,9H2,1H3. The summed E-state index contributed by atoms with van der Waals surface area (Å²) in [5.41, 5.74) is 1.27. The number of aliphatic hydroxyl groups excluding tert-OH is 1. The van der Waals surface area contributed by atoms with Crippen molar-refractivity contribution in [2.75, 3.05) is 6.61 Å². The van der Waals surface area contributed by atoms with E-state index in [1.54, 1.807) is 37.3 Å². The number of rotatable bonds is 4. The van der Waals surface area contributed by atoms with Crippen molar-refractivity contribution in [1.82, 2.24) is 0 Å². The van der Waals surface area contributed by atoms with E-state index in [0.717, 1.165) is 5.56 Å². The lowest BCUT2D eigenvalue weighted by atomic mass is 10.1. The van der Waals surface area contributed by atoms with Crippen LogP contribution in [0.25, 0.3) is 0 Å². The molecule has 100 valence electrons. The Morgan fingerprint density at radius 1 is 1.21 bits per heavy atom. The Morgan fingerprint density at radius 2 is 1.89 bits per heavy atom. The summed E-state index contributed by atoms with van der Waals surface area (Å²) in [6.45, 7) is 1.84. The van der Waals surface area contributed by atoms with Crippen LogP contribution >= 0.6 is 11.6 Å². The van der Waals surface area contributed by atoms with Gasteiger partial charge in [0.15, 0.2) is 0 Å². The molecule has 0 radical (unpaired) electrons. The molecule has 0 heterocycles. The second-order valence-electron chi connectivity index (χ2n) is 4.34. The molecule has 1 unspecified atom stereocenters. The molecule has 0 bridgehead atoms. The summed E-state index contributed by atoms with van der Waals surface area (Å²) in [6.07, 6.45) is -0.870. The van der Waals surface area contributed by atoms with Crippen molar-refractivity contribution in [3.8, 4) is 5.75 Å². The fraction of sp³-hybridized carbons (Fsp3) is 0.200. The Labute approximate surface area is 116 Å². The molecule has 2 nitrogen and oxygen atoms in total. The molecule has 2 rings (SSSR count). The van der Waals surface area contributed by atoms with Gasteiger partial charge in [-0.15, -0.1) is 0 Å². The third-order valence-corrected chi connectivity index (χ3v) is 2.92. The smallest absolute Gasteiger partial charge is 0.123 e. The van der Waals surface area contributed by atoms with Gasteiger partial charge in [-0.3, -0.25) is 0 Å². The highest BCUT2D eigenvalue weighted by molar-refractivity contribution is 6.30. The molecule has 0 saturated carbocycles. The first-order valence-electron chi connectivity index (χ1n) is 5.88. The quantitative estimate of drug-likeness (QED) is 0.920. The van der Waals surface area contributed by atoms with Crippen molar-refractivity contribution < 1.29 is 14.2 Å². The molecule has 0 aromatic heterocycles. The van der Waals surface area contributed by atoms with Gasteiger partial charge in [-0.1, -0.05) is 17.7 Å². The van der Waals surface area contributed by atoms with Gasteiger partial charge in [0.05, 0.1) is 0 Å². The van der Waals surface area contributed by atoms with Crippen LogP contribution in [0.4, 0.5) is 4.39 Å². The maximum atomic E-state index is 13.2. The van der Waals surface area contributed by atoms with Crippen molar-refractivity contribution in [3.05, 3.63) is 64.4 Å². The first kappa shape index (κ1) is 13.8. The van der Waals surface area contributed by atoms with Gasteiger partial charge in [0, 0.05) is 5.02 Å². The Kier molecular flexibility index (Phi) is 4.40. The van der Waals surface area contributed by atoms with Gasteiger partial charge >= 0.3 is 0 Å². The van der Waals surface area contributed by atoms with Crippen LogP contribution in [0.1, 0.15) is 17.2 Å². The summed E-state index contributed by atoms with van der Waals surface area (Å²) < 4.78 is 18.7. The minimum absolute atomic E-state index is 0.0600. The third-order valence-electron chi connectivity index (χ3n) is 2.67. The van der Waals surface area contributed by atoms with Crippen LogP contribution in [0, 0.1) is 12.7 Å². The Balaban J connectivity index is 2.00. The Hall–Kier alpha value is -1.58. The van der Waals surface area contributed by atoms with Crippen LogP contribution in [0.2, 0.25) is 5.02 Å². The molecule has 0 amide bonds. The van der Waals surface area contributed by atoms with E-state index in [9.17, 15) is 9.50 Å². The van der Waals surface area contributed by atoms with E-state index in [1.807, 2.05) is 0 Å². The number of benzene rings is 2. The zero-order valence-electron chi connectivity index (χ0n) is 10.4. The molecular weight excluding hydrogens is 267 g/mol. The molecule has 1 N–H and O–H groups in total. The fourth-order valence-corrected chi connectivity index (χ4v) is 1.89. The monoisotopic (exact) mass is 280 g/mol. The normalized spacial score (nSPS) is 12.2. The number of aliphatic hydroxyl groups is 1. The molecule has 0 fully saturated rings. The van der Waals surface area contributed by atoms with Crippen molar-refractivity contribution in [2.45, 2.75) is 13.0 Å². The number of hydrogen-bond donors (Lipinski definition) is 1. The van der Waals surface area contributed by atoms with E-state index in [2.05, 4.69) is 0 Å². The van der Waals surface area contributed by atoms with Crippen LogP contribution in [0.15, 0.2) is 42.5 Å². The summed E-state index contributed by atoms with van der Waals surface area (Å²) in [5.74, 6) is 0.247. The number of halogens is 2.